The van der Waals surface area contributed by atoms with Gasteiger partial charge in [0.1, 0.15) is 0 Å². The van der Waals surface area contributed by atoms with Crippen molar-refractivity contribution in [2.75, 3.05) is 19.0 Å². The summed E-state index contributed by atoms with van der Waals surface area (Å²) in [4.78, 5) is 8.65. The fourth-order valence-electron chi connectivity index (χ4n) is 2.15. The molecule has 1 N–H and O–H groups in total. The first-order valence-electron chi connectivity index (χ1n) is 6.36. The van der Waals surface area contributed by atoms with Crippen LogP contribution >= 0.6 is 0 Å². The Morgan fingerprint density at radius 3 is 2.89 bits per heavy atom. The number of ether oxygens (including phenoxy) is 1. The molecule has 3 rings (SSSR count). The number of aryl methyl sites for hydroxylation is 1. The van der Waals surface area contributed by atoms with Gasteiger partial charge in [-0.25, -0.2) is 4.98 Å². The zero-order valence-corrected chi connectivity index (χ0v) is 11.1. The van der Waals surface area contributed by atoms with E-state index < -0.39 is 0 Å². The van der Waals surface area contributed by atoms with E-state index in [0.717, 1.165) is 25.1 Å². The normalized spacial score (nSPS) is 16.1. The second kappa shape index (κ2) is 4.53. The van der Waals surface area contributed by atoms with Crippen molar-refractivity contribution >= 4 is 5.95 Å². The molecule has 0 amide bonds. The maximum absolute atomic E-state index is 5.15. The summed E-state index contributed by atoms with van der Waals surface area (Å²) in [5, 5.41) is 7.61. The minimum atomic E-state index is 0.0871. The molecule has 0 aromatic carbocycles. The minimum absolute atomic E-state index is 0.0871. The van der Waals surface area contributed by atoms with Crippen LogP contribution in [0.4, 0.5) is 5.95 Å². The zero-order chi connectivity index (χ0) is 13.3. The third-order valence-electron chi connectivity index (χ3n) is 3.43. The molecule has 2 aromatic heterocycles. The van der Waals surface area contributed by atoms with E-state index in [4.69, 9.17) is 4.74 Å². The molecule has 0 bridgehead atoms. The molecule has 1 aliphatic rings. The van der Waals surface area contributed by atoms with Crippen LogP contribution in [0.3, 0.4) is 0 Å². The molecule has 0 spiro atoms. The first kappa shape index (κ1) is 12.0. The maximum Gasteiger partial charge on any atom is 0.226 e. The van der Waals surface area contributed by atoms with Crippen LogP contribution in [0.1, 0.15) is 18.5 Å². The third-order valence-corrected chi connectivity index (χ3v) is 3.43. The summed E-state index contributed by atoms with van der Waals surface area (Å²) in [7, 11) is 1.61. The maximum atomic E-state index is 5.15. The number of hydrogen-bond donors (Lipinski definition) is 1. The Hall–Kier alpha value is -2.11. The predicted octanol–water partition coefficient (Wildman–Crippen LogP) is 1.59. The lowest BCUT2D eigenvalue weighted by molar-refractivity contribution is 0.396. The van der Waals surface area contributed by atoms with E-state index in [1.807, 2.05) is 36.1 Å². The van der Waals surface area contributed by atoms with Gasteiger partial charge in [-0.3, -0.25) is 4.68 Å². The van der Waals surface area contributed by atoms with Crippen LogP contribution < -0.4 is 10.1 Å². The van der Waals surface area contributed by atoms with Gasteiger partial charge in [-0.1, -0.05) is 0 Å². The highest BCUT2D eigenvalue weighted by Gasteiger charge is 2.45. The second-order valence-electron chi connectivity index (χ2n) is 4.90. The number of aromatic nitrogens is 4. The summed E-state index contributed by atoms with van der Waals surface area (Å²) in [5.74, 6) is 1.19. The number of nitrogens with one attached hydrogen (secondary N) is 1. The molecular formula is C13H17N5O. The Labute approximate surface area is 111 Å². The Balaban J connectivity index is 1.71. The van der Waals surface area contributed by atoms with Gasteiger partial charge in [0.15, 0.2) is 0 Å². The molecule has 1 fully saturated rings. The van der Waals surface area contributed by atoms with Crippen LogP contribution in [0.25, 0.3) is 0 Å². The molecule has 2 heterocycles. The van der Waals surface area contributed by atoms with Gasteiger partial charge in [0.2, 0.25) is 11.8 Å². The zero-order valence-electron chi connectivity index (χ0n) is 11.1. The van der Waals surface area contributed by atoms with E-state index in [1.54, 1.807) is 7.11 Å². The average molecular weight is 259 g/mol. The molecular weight excluding hydrogens is 242 g/mol. The van der Waals surface area contributed by atoms with Crippen molar-refractivity contribution in [1.29, 1.82) is 0 Å². The third kappa shape index (κ3) is 2.38. The number of rotatable bonds is 5. The fourth-order valence-corrected chi connectivity index (χ4v) is 2.15. The highest BCUT2D eigenvalue weighted by Crippen LogP contribution is 2.42. The van der Waals surface area contributed by atoms with Crippen molar-refractivity contribution in [2.24, 2.45) is 0 Å². The van der Waals surface area contributed by atoms with Crippen molar-refractivity contribution < 1.29 is 4.74 Å². The highest BCUT2D eigenvalue weighted by molar-refractivity contribution is 5.31. The van der Waals surface area contributed by atoms with Gasteiger partial charge in [-0.15, -0.1) is 0 Å². The quantitative estimate of drug-likeness (QED) is 0.883. The second-order valence-corrected chi connectivity index (χ2v) is 4.90. The van der Waals surface area contributed by atoms with E-state index in [9.17, 15) is 0 Å². The van der Waals surface area contributed by atoms with Gasteiger partial charge in [0.05, 0.1) is 12.6 Å². The van der Waals surface area contributed by atoms with E-state index in [1.165, 1.54) is 0 Å². The molecule has 6 heteroatoms. The van der Waals surface area contributed by atoms with Gasteiger partial charge in [0.25, 0.3) is 0 Å². The molecule has 0 atom stereocenters. The lowest BCUT2D eigenvalue weighted by Gasteiger charge is -2.17. The van der Waals surface area contributed by atoms with Gasteiger partial charge >= 0.3 is 0 Å². The summed E-state index contributed by atoms with van der Waals surface area (Å²) in [6.45, 7) is 2.71. The van der Waals surface area contributed by atoms with Crippen LogP contribution in [0.15, 0.2) is 24.5 Å². The molecule has 0 unspecified atom stereocenters. The van der Waals surface area contributed by atoms with Gasteiger partial charge in [0, 0.05) is 30.7 Å². The Bertz CT molecular complexity index is 562. The van der Waals surface area contributed by atoms with Crippen LogP contribution in [0, 0.1) is 6.92 Å². The molecule has 0 radical (unpaired) electrons. The van der Waals surface area contributed by atoms with Crippen molar-refractivity contribution in [1.82, 2.24) is 19.7 Å². The summed E-state index contributed by atoms with van der Waals surface area (Å²) in [5.41, 5.74) is 0.974. The van der Waals surface area contributed by atoms with Crippen molar-refractivity contribution in [3.63, 3.8) is 0 Å². The predicted molar refractivity (Wildman–Crippen MR) is 71.2 cm³/mol. The van der Waals surface area contributed by atoms with Gasteiger partial charge in [-0.05, 0) is 25.8 Å². The monoisotopic (exact) mass is 259 g/mol. The van der Waals surface area contributed by atoms with E-state index in [-0.39, 0.29) is 5.54 Å². The van der Waals surface area contributed by atoms with Crippen molar-refractivity contribution in [3.05, 3.63) is 30.2 Å². The molecule has 19 heavy (non-hydrogen) atoms. The van der Waals surface area contributed by atoms with Crippen LogP contribution in [0.5, 0.6) is 5.88 Å². The van der Waals surface area contributed by atoms with E-state index >= 15 is 0 Å². The Morgan fingerprint density at radius 1 is 1.42 bits per heavy atom. The van der Waals surface area contributed by atoms with Crippen molar-refractivity contribution in [2.45, 2.75) is 25.3 Å². The molecule has 6 nitrogen and oxygen atoms in total. The van der Waals surface area contributed by atoms with Crippen LogP contribution in [0.2, 0.25) is 0 Å². The van der Waals surface area contributed by atoms with Gasteiger partial charge in [-0.2, -0.15) is 10.1 Å². The number of hydrogen-bond acceptors (Lipinski definition) is 5. The number of methoxy groups -OCH3 is 1. The molecule has 1 aliphatic carbocycles. The standard InChI is InChI=1S/C13H17N5O/c1-10-8-11(19-2)17-12(16-10)14-9-13(4-5-13)18-7-3-6-15-18/h3,6-8H,4-5,9H2,1-2H3,(H,14,16,17). The smallest absolute Gasteiger partial charge is 0.226 e. The minimum Gasteiger partial charge on any atom is -0.481 e. The summed E-state index contributed by atoms with van der Waals surface area (Å²) in [6, 6.07) is 3.76. The van der Waals surface area contributed by atoms with E-state index in [2.05, 4.69) is 20.4 Å². The first-order chi connectivity index (χ1) is 9.22. The molecule has 0 saturated heterocycles. The molecule has 100 valence electrons. The van der Waals surface area contributed by atoms with Crippen LogP contribution in [-0.2, 0) is 5.54 Å². The summed E-state index contributed by atoms with van der Waals surface area (Å²) < 4.78 is 7.17. The summed E-state index contributed by atoms with van der Waals surface area (Å²) in [6.07, 6.45) is 6.08. The summed E-state index contributed by atoms with van der Waals surface area (Å²) >= 11 is 0. The SMILES string of the molecule is COc1cc(C)nc(NCC2(n3cccn3)CC2)n1. The number of anilines is 1. The largest absolute Gasteiger partial charge is 0.481 e. The van der Waals surface area contributed by atoms with Gasteiger partial charge < -0.3 is 10.1 Å². The molecule has 1 saturated carbocycles. The van der Waals surface area contributed by atoms with Crippen LogP contribution in [-0.4, -0.2) is 33.4 Å². The van der Waals surface area contributed by atoms with E-state index in [0.29, 0.717) is 11.8 Å². The average Bonchev–Trinajstić information content (AvgIpc) is 2.99. The topological polar surface area (TPSA) is 64.9 Å². The lowest BCUT2D eigenvalue weighted by atomic mass is 10.3. The highest BCUT2D eigenvalue weighted by atomic mass is 16.5. The first-order valence-corrected chi connectivity index (χ1v) is 6.36. The molecule has 2 aromatic rings. The fraction of sp³-hybridized carbons (Fsp3) is 0.462. The molecule has 0 aliphatic heterocycles. The Morgan fingerprint density at radius 2 is 2.26 bits per heavy atom. The number of nitrogens with zero attached hydrogens (tertiary/aromatic N) is 4. The Kier molecular flexibility index (Phi) is 2.85. The van der Waals surface area contributed by atoms with Crippen molar-refractivity contribution in [3.8, 4) is 5.88 Å². The lowest BCUT2D eigenvalue weighted by Crippen LogP contribution is -2.27.